The summed E-state index contributed by atoms with van der Waals surface area (Å²) < 4.78 is 16.7. The number of carbonyl (C=O) groups excluding carboxylic acids is 3. The molecule has 0 heterocycles. The number of unbranched alkanes of at least 4 members (excludes halogenated alkanes) is 10. The normalized spacial score (nSPS) is 13.4. The number of rotatable bonds is 48. The van der Waals surface area contributed by atoms with Crippen molar-refractivity contribution in [3.8, 4) is 0 Å². The molecule has 6 nitrogen and oxygen atoms in total. The average molecular weight is 990 g/mol. The molecule has 1 atom stereocenters. The lowest BCUT2D eigenvalue weighted by atomic mass is 10.1. The number of carbonyl (C=O) groups is 3. The maximum Gasteiger partial charge on any atom is 0.310 e. The summed E-state index contributed by atoms with van der Waals surface area (Å²) in [4.78, 5) is 38.0. The van der Waals surface area contributed by atoms with Crippen molar-refractivity contribution in [2.24, 2.45) is 0 Å². The summed E-state index contributed by atoms with van der Waals surface area (Å²) in [6.07, 6.45) is 86.5. The molecule has 0 N–H and O–H groups in total. The Hall–Kier alpha value is -5.23. The molecule has 0 aromatic heterocycles. The molecular weight excluding hydrogens is 889 g/mol. The van der Waals surface area contributed by atoms with Gasteiger partial charge in [0.1, 0.15) is 13.2 Å². The summed E-state index contributed by atoms with van der Waals surface area (Å²) in [6, 6.07) is 0. The minimum Gasteiger partial charge on any atom is -0.462 e. The minimum absolute atomic E-state index is 0.0770. The Morgan fingerprint density at radius 2 is 0.583 bits per heavy atom. The van der Waals surface area contributed by atoms with Gasteiger partial charge in [0.05, 0.1) is 6.42 Å². The van der Waals surface area contributed by atoms with Crippen LogP contribution < -0.4 is 0 Å². The lowest BCUT2D eigenvalue weighted by molar-refractivity contribution is -0.166. The predicted octanol–water partition coefficient (Wildman–Crippen LogP) is 19.1. The average Bonchev–Trinajstić information content (AvgIpc) is 3.38. The molecular formula is C66H100O6. The maximum absolute atomic E-state index is 12.8. The predicted molar refractivity (Wildman–Crippen MR) is 311 cm³/mol. The fourth-order valence-electron chi connectivity index (χ4n) is 6.81. The van der Waals surface area contributed by atoms with Gasteiger partial charge in [-0.1, -0.05) is 229 Å². The van der Waals surface area contributed by atoms with Gasteiger partial charge in [0.15, 0.2) is 6.10 Å². The molecule has 0 aliphatic heterocycles. The van der Waals surface area contributed by atoms with Crippen LogP contribution >= 0.6 is 0 Å². The molecule has 0 aromatic carbocycles. The Labute approximate surface area is 441 Å². The third-order valence-electron chi connectivity index (χ3n) is 11.0. The SMILES string of the molecule is CC/C=C\C/C=C\C/C=C\C/C=C\C/C=C\C/C=C\C/C=C\CCCCCC(=O)OCC(COC(=O)CCCCCCC/C=C\C/C=C\CCCC)OC(=O)C/C=C\C/C=C\C/C=C\C/C=C\C/C=C\CC. The maximum atomic E-state index is 12.8. The van der Waals surface area contributed by atoms with Crippen LogP contribution in [0.4, 0.5) is 0 Å². The Morgan fingerprint density at radius 1 is 0.306 bits per heavy atom. The van der Waals surface area contributed by atoms with Crippen LogP contribution in [0, 0.1) is 0 Å². The lowest BCUT2D eigenvalue weighted by Crippen LogP contribution is -2.30. The van der Waals surface area contributed by atoms with Crippen molar-refractivity contribution >= 4 is 17.9 Å². The molecule has 0 aromatic rings. The highest BCUT2D eigenvalue weighted by atomic mass is 16.6. The highest BCUT2D eigenvalue weighted by Crippen LogP contribution is 2.11. The standard InChI is InChI=1S/C66H100O6/c1-4-7-10-13-16-19-22-25-28-29-30-31-32-33-34-35-36-37-39-41-44-47-50-53-56-59-65(68)71-62-63(61-70-64(67)58-55-52-49-46-43-40-27-24-21-18-15-12-9-6-3)72-66(69)60-57-54-51-48-45-42-38-26-23-20-17-14-11-8-5-2/h7-8,10-11,15-20,24-28,30-31,33-34,36-38,41,44-45,48,54,57,63H,4-6,9,12-14,21-23,29,32,35,39-40,42-43,46-47,49-53,55-56,58-62H2,1-3H3/b10-7-,11-8-,18-15-,19-16-,20-17-,27-24-,28-25-,31-30-,34-33-,37-36-,38-26-,44-41-,48-45-,57-54-. The zero-order chi connectivity index (χ0) is 52.2. The molecule has 0 radical (unpaired) electrons. The lowest BCUT2D eigenvalue weighted by Gasteiger charge is -2.18. The van der Waals surface area contributed by atoms with Crippen molar-refractivity contribution in [1.82, 2.24) is 0 Å². The van der Waals surface area contributed by atoms with E-state index >= 15 is 0 Å². The Balaban J connectivity index is 4.56. The molecule has 0 rings (SSSR count). The Kier molecular flexibility index (Phi) is 54.1. The van der Waals surface area contributed by atoms with Gasteiger partial charge in [-0.3, -0.25) is 14.4 Å². The quantitative estimate of drug-likeness (QED) is 0.0262. The first-order chi connectivity index (χ1) is 35.5. The van der Waals surface area contributed by atoms with Gasteiger partial charge in [-0.05, 0) is 128 Å². The Morgan fingerprint density at radius 3 is 0.931 bits per heavy atom. The van der Waals surface area contributed by atoms with Crippen LogP contribution in [0.1, 0.15) is 207 Å². The van der Waals surface area contributed by atoms with E-state index in [2.05, 4.69) is 179 Å². The van der Waals surface area contributed by atoms with Crippen LogP contribution in [0.5, 0.6) is 0 Å². The molecule has 400 valence electrons. The summed E-state index contributed by atoms with van der Waals surface area (Å²) in [5, 5.41) is 0. The van der Waals surface area contributed by atoms with Gasteiger partial charge in [0, 0.05) is 12.8 Å². The summed E-state index contributed by atoms with van der Waals surface area (Å²) in [7, 11) is 0. The van der Waals surface area contributed by atoms with E-state index < -0.39 is 12.1 Å². The van der Waals surface area contributed by atoms with Gasteiger partial charge >= 0.3 is 17.9 Å². The summed E-state index contributed by atoms with van der Waals surface area (Å²) >= 11 is 0. The van der Waals surface area contributed by atoms with Crippen molar-refractivity contribution < 1.29 is 28.6 Å². The van der Waals surface area contributed by atoms with E-state index in [1.54, 1.807) is 6.08 Å². The van der Waals surface area contributed by atoms with Crippen molar-refractivity contribution in [3.05, 3.63) is 170 Å². The third kappa shape index (κ3) is 55.7. The first kappa shape index (κ1) is 66.8. The zero-order valence-electron chi connectivity index (χ0n) is 45.6. The molecule has 0 aliphatic carbocycles. The van der Waals surface area contributed by atoms with Gasteiger partial charge < -0.3 is 14.2 Å². The number of hydrogen-bond acceptors (Lipinski definition) is 6. The second-order valence-electron chi connectivity index (χ2n) is 17.7. The van der Waals surface area contributed by atoms with E-state index in [9.17, 15) is 14.4 Å². The van der Waals surface area contributed by atoms with Gasteiger partial charge in [-0.2, -0.15) is 0 Å². The number of allylic oxidation sites excluding steroid dienone is 27. The molecule has 72 heavy (non-hydrogen) atoms. The molecule has 6 heteroatoms. The molecule has 0 saturated carbocycles. The fourth-order valence-corrected chi connectivity index (χ4v) is 6.81. The third-order valence-corrected chi connectivity index (χ3v) is 11.0. The summed E-state index contributed by atoms with van der Waals surface area (Å²) in [5.41, 5.74) is 0. The largest absolute Gasteiger partial charge is 0.462 e. The molecule has 0 fully saturated rings. The van der Waals surface area contributed by atoms with Gasteiger partial charge in [0.2, 0.25) is 0 Å². The second kappa shape index (κ2) is 58.3. The van der Waals surface area contributed by atoms with Crippen LogP contribution in [0.3, 0.4) is 0 Å². The number of hydrogen-bond donors (Lipinski definition) is 0. The van der Waals surface area contributed by atoms with E-state index in [1.165, 1.54) is 19.3 Å². The van der Waals surface area contributed by atoms with Crippen LogP contribution in [-0.4, -0.2) is 37.2 Å². The molecule has 0 spiro atoms. The fraction of sp³-hybridized carbons (Fsp3) is 0.530. The highest BCUT2D eigenvalue weighted by molar-refractivity contribution is 5.72. The van der Waals surface area contributed by atoms with Crippen LogP contribution in [0.25, 0.3) is 0 Å². The van der Waals surface area contributed by atoms with Crippen molar-refractivity contribution in [2.45, 2.75) is 213 Å². The Bertz CT molecular complexity index is 1700. The van der Waals surface area contributed by atoms with E-state index in [0.29, 0.717) is 12.8 Å². The van der Waals surface area contributed by atoms with Crippen LogP contribution in [0.15, 0.2) is 170 Å². The van der Waals surface area contributed by atoms with Crippen molar-refractivity contribution in [1.29, 1.82) is 0 Å². The van der Waals surface area contributed by atoms with E-state index in [-0.39, 0.29) is 38.0 Å². The molecule has 0 bridgehead atoms. The first-order valence-electron chi connectivity index (χ1n) is 28.1. The second-order valence-corrected chi connectivity index (χ2v) is 17.7. The highest BCUT2D eigenvalue weighted by Gasteiger charge is 2.19. The topological polar surface area (TPSA) is 78.9 Å². The van der Waals surface area contributed by atoms with Crippen molar-refractivity contribution in [2.75, 3.05) is 13.2 Å². The van der Waals surface area contributed by atoms with E-state index in [1.807, 2.05) is 6.08 Å². The van der Waals surface area contributed by atoms with Gasteiger partial charge in [-0.25, -0.2) is 0 Å². The summed E-state index contributed by atoms with van der Waals surface area (Å²) in [6.45, 7) is 6.22. The monoisotopic (exact) mass is 989 g/mol. The first-order valence-corrected chi connectivity index (χ1v) is 28.1. The molecule has 0 aliphatic rings. The van der Waals surface area contributed by atoms with E-state index in [0.717, 1.165) is 141 Å². The minimum atomic E-state index is -0.862. The van der Waals surface area contributed by atoms with Gasteiger partial charge in [-0.15, -0.1) is 0 Å². The number of ether oxygens (including phenoxy) is 3. The zero-order valence-corrected chi connectivity index (χ0v) is 45.6. The smallest absolute Gasteiger partial charge is 0.310 e. The van der Waals surface area contributed by atoms with Crippen LogP contribution in [0.2, 0.25) is 0 Å². The molecule has 0 saturated heterocycles. The number of esters is 3. The molecule has 1 unspecified atom stereocenters. The van der Waals surface area contributed by atoms with Crippen LogP contribution in [-0.2, 0) is 28.6 Å². The van der Waals surface area contributed by atoms with Gasteiger partial charge in [0.25, 0.3) is 0 Å². The summed E-state index contributed by atoms with van der Waals surface area (Å²) in [5.74, 6) is -1.13. The van der Waals surface area contributed by atoms with E-state index in [4.69, 9.17) is 14.2 Å². The molecule has 0 amide bonds. The van der Waals surface area contributed by atoms with Crippen molar-refractivity contribution in [3.63, 3.8) is 0 Å².